The quantitative estimate of drug-likeness (QED) is 0.289. The third kappa shape index (κ3) is 5.08. The van der Waals surface area contributed by atoms with Gasteiger partial charge in [0, 0.05) is 23.6 Å². The number of hydrogen-bond donors (Lipinski definition) is 3. The molecule has 0 bridgehead atoms. The molecule has 3 N–H and O–H groups in total. The van der Waals surface area contributed by atoms with Crippen LogP contribution in [0.25, 0.3) is 33.4 Å². The van der Waals surface area contributed by atoms with Gasteiger partial charge in [-0.15, -0.1) is 0 Å². The van der Waals surface area contributed by atoms with Gasteiger partial charge in [-0.2, -0.15) is 0 Å². The third-order valence-electron chi connectivity index (χ3n) is 7.44. The number of sulfonamides is 1. The van der Waals surface area contributed by atoms with Crippen molar-refractivity contribution in [3.05, 3.63) is 83.7 Å². The van der Waals surface area contributed by atoms with Crippen LogP contribution in [0.3, 0.4) is 0 Å². The number of carbonyl (C=O) groups is 3. The smallest absolute Gasteiger partial charge is 0.259 e. The summed E-state index contributed by atoms with van der Waals surface area (Å²) in [7, 11) is -2.21. The van der Waals surface area contributed by atoms with Crippen LogP contribution in [0.5, 0.6) is 0 Å². The zero-order valence-electron chi connectivity index (χ0n) is 22.0. The normalized spacial score (nSPS) is 15.8. The van der Waals surface area contributed by atoms with E-state index in [2.05, 4.69) is 15.4 Å². The van der Waals surface area contributed by atoms with E-state index in [1.807, 2.05) is 0 Å². The SMILES string of the molecule is CNC(=O)c1c(-c2ccc(F)cc2)oc2ccc(-c3cccc(C(=O)NC4(C(=O)NS(=O)(=O)C5CC5)CC4)c3)cc12. The Labute approximate surface area is 235 Å². The Kier molecular flexibility index (Phi) is 6.41. The lowest BCUT2D eigenvalue weighted by Gasteiger charge is -2.17. The van der Waals surface area contributed by atoms with Crippen LogP contribution < -0.4 is 15.4 Å². The monoisotopic (exact) mass is 575 g/mol. The highest BCUT2D eigenvalue weighted by Crippen LogP contribution is 2.38. The maximum Gasteiger partial charge on any atom is 0.259 e. The largest absolute Gasteiger partial charge is 0.455 e. The maximum atomic E-state index is 13.5. The summed E-state index contributed by atoms with van der Waals surface area (Å²) >= 11 is 0. The first-order chi connectivity index (χ1) is 19.6. The molecule has 0 radical (unpaired) electrons. The molecule has 11 heteroatoms. The number of fused-ring (bicyclic) bond motifs is 1. The molecule has 9 nitrogen and oxygen atoms in total. The van der Waals surface area contributed by atoms with Crippen molar-refractivity contribution >= 4 is 38.7 Å². The van der Waals surface area contributed by atoms with Gasteiger partial charge in [0.2, 0.25) is 10.0 Å². The molecule has 2 aliphatic carbocycles. The first-order valence-electron chi connectivity index (χ1n) is 13.1. The van der Waals surface area contributed by atoms with E-state index in [4.69, 9.17) is 4.42 Å². The van der Waals surface area contributed by atoms with E-state index in [1.165, 1.54) is 31.3 Å². The van der Waals surface area contributed by atoms with E-state index in [0.717, 1.165) is 0 Å². The Bertz CT molecular complexity index is 1820. The van der Waals surface area contributed by atoms with E-state index in [0.29, 0.717) is 64.7 Å². The molecule has 2 saturated carbocycles. The van der Waals surface area contributed by atoms with Crippen LogP contribution in [0.2, 0.25) is 0 Å². The fourth-order valence-electron chi connectivity index (χ4n) is 4.78. The average molecular weight is 576 g/mol. The molecule has 0 saturated heterocycles. The summed E-state index contributed by atoms with van der Waals surface area (Å²) in [5.74, 6) is -1.68. The number of hydrogen-bond acceptors (Lipinski definition) is 6. The van der Waals surface area contributed by atoms with Crippen molar-refractivity contribution in [3.63, 3.8) is 0 Å². The Balaban J connectivity index is 1.29. The van der Waals surface area contributed by atoms with Crippen LogP contribution in [0, 0.1) is 5.82 Å². The third-order valence-corrected chi connectivity index (χ3v) is 9.26. The highest BCUT2D eigenvalue weighted by molar-refractivity contribution is 7.91. The molecule has 0 atom stereocenters. The van der Waals surface area contributed by atoms with E-state index in [-0.39, 0.29) is 11.5 Å². The zero-order chi connectivity index (χ0) is 28.9. The first kappa shape index (κ1) is 26.7. The lowest BCUT2D eigenvalue weighted by atomic mass is 9.98. The van der Waals surface area contributed by atoms with Crippen LogP contribution >= 0.6 is 0 Å². The number of carbonyl (C=O) groups excluding carboxylic acids is 3. The maximum absolute atomic E-state index is 13.5. The van der Waals surface area contributed by atoms with Crippen LogP contribution in [0.15, 0.2) is 71.1 Å². The van der Waals surface area contributed by atoms with Gasteiger partial charge in [-0.1, -0.05) is 18.2 Å². The fraction of sp³-hybridized carbons (Fsp3) is 0.233. The number of halogens is 1. The number of nitrogens with one attached hydrogen (secondary N) is 3. The predicted molar refractivity (Wildman–Crippen MR) is 150 cm³/mol. The van der Waals surface area contributed by atoms with E-state index >= 15 is 0 Å². The summed E-state index contributed by atoms with van der Waals surface area (Å²) in [6.45, 7) is 0. The zero-order valence-corrected chi connectivity index (χ0v) is 22.8. The summed E-state index contributed by atoms with van der Waals surface area (Å²) in [5.41, 5.74) is 1.73. The molecule has 3 amide bonds. The van der Waals surface area contributed by atoms with Crippen molar-refractivity contribution in [2.45, 2.75) is 36.5 Å². The summed E-state index contributed by atoms with van der Waals surface area (Å²) in [5, 5.41) is 5.35. The Morgan fingerprint density at radius 3 is 2.24 bits per heavy atom. The minimum atomic E-state index is -3.72. The second-order valence-electron chi connectivity index (χ2n) is 10.4. The second-order valence-corrected chi connectivity index (χ2v) is 12.4. The molecule has 3 aromatic carbocycles. The average Bonchev–Trinajstić information content (AvgIpc) is 3.90. The van der Waals surface area contributed by atoms with Crippen LogP contribution in [0.4, 0.5) is 4.39 Å². The lowest BCUT2D eigenvalue weighted by Crippen LogP contribution is -2.51. The summed E-state index contributed by atoms with van der Waals surface area (Å²) in [6, 6.07) is 17.7. The summed E-state index contributed by atoms with van der Waals surface area (Å²) in [6.07, 6.45) is 1.75. The molecular weight excluding hydrogens is 549 g/mol. The van der Waals surface area contributed by atoms with Crippen molar-refractivity contribution in [2.75, 3.05) is 7.05 Å². The van der Waals surface area contributed by atoms with Gasteiger partial charge in [0.1, 0.15) is 22.7 Å². The summed E-state index contributed by atoms with van der Waals surface area (Å²) < 4.78 is 46.1. The van der Waals surface area contributed by atoms with Crippen molar-refractivity contribution in [2.24, 2.45) is 0 Å². The second kappa shape index (κ2) is 9.84. The minimum Gasteiger partial charge on any atom is -0.455 e. The predicted octanol–water partition coefficient (Wildman–Crippen LogP) is 4.14. The van der Waals surface area contributed by atoms with Gasteiger partial charge in [-0.05, 0) is 85.3 Å². The molecule has 1 aromatic heterocycles. The van der Waals surface area contributed by atoms with Crippen LogP contribution in [0.1, 0.15) is 46.4 Å². The number of rotatable bonds is 8. The Morgan fingerprint density at radius 2 is 1.59 bits per heavy atom. The van der Waals surface area contributed by atoms with Crippen molar-refractivity contribution in [1.82, 2.24) is 15.4 Å². The Morgan fingerprint density at radius 1 is 0.902 bits per heavy atom. The van der Waals surface area contributed by atoms with Gasteiger partial charge in [0.25, 0.3) is 17.7 Å². The minimum absolute atomic E-state index is 0.289. The van der Waals surface area contributed by atoms with E-state index in [1.54, 1.807) is 42.5 Å². The van der Waals surface area contributed by atoms with Gasteiger partial charge < -0.3 is 15.1 Å². The molecule has 41 heavy (non-hydrogen) atoms. The molecule has 0 spiro atoms. The summed E-state index contributed by atoms with van der Waals surface area (Å²) in [4.78, 5) is 38.8. The topological polar surface area (TPSA) is 135 Å². The van der Waals surface area contributed by atoms with Crippen molar-refractivity contribution < 1.29 is 31.6 Å². The first-order valence-corrected chi connectivity index (χ1v) is 14.7. The van der Waals surface area contributed by atoms with Crippen molar-refractivity contribution in [3.8, 4) is 22.5 Å². The van der Waals surface area contributed by atoms with Crippen LogP contribution in [-0.2, 0) is 14.8 Å². The lowest BCUT2D eigenvalue weighted by molar-refractivity contribution is -0.122. The van der Waals surface area contributed by atoms with Gasteiger partial charge >= 0.3 is 0 Å². The highest BCUT2D eigenvalue weighted by Gasteiger charge is 2.53. The van der Waals surface area contributed by atoms with Crippen molar-refractivity contribution in [1.29, 1.82) is 0 Å². The molecule has 0 aliphatic heterocycles. The molecule has 6 rings (SSSR count). The van der Waals surface area contributed by atoms with Gasteiger partial charge in [0.05, 0.1) is 10.8 Å². The number of furan rings is 1. The highest BCUT2D eigenvalue weighted by atomic mass is 32.2. The molecule has 0 unspecified atom stereocenters. The van der Waals surface area contributed by atoms with Crippen LogP contribution in [-0.4, -0.2) is 44.0 Å². The molecule has 2 fully saturated rings. The molecule has 2 aliphatic rings. The standard InChI is InChI=1S/C30H26FN3O6S/c1-32-28(36)25-23-16-19(7-12-24(23)40-26(25)17-5-8-21(31)9-6-17)18-3-2-4-20(15-18)27(35)33-30(13-14-30)29(37)34-41(38,39)22-10-11-22/h2-9,12,15-16,22H,10-11,13-14H2,1H3,(H,32,36)(H,33,35)(H,34,37). The van der Waals surface area contributed by atoms with Gasteiger partial charge in [-0.25, -0.2) is 12.8 Å². The Hall–Kier alpha value is -4.51. The fourth-order valence-corrected chi connectivity index (χ4v) is 6.16. The van der Waals surface area contributed by atoms with E-state index < -0.39 is 38.4 Å². The molecule has 210 valence electrons. The van der Waals surface area contributed by atoms with Gasteiger partial charge in [-0.3, -0.25) is 19.1 Å². The van der Waals surface area contributed by atoms with Gasteiger partial charge in [0.15, 0.2) is 0 Å². The van der Waals surface area contributed by atoms with E-state index in [9.17, 15) is 27.2 Å². The molecule has 1 heterocycles. The molecular formula is C30H26FN3O6S. The number of amides is 3. The number of benzene rings is 3. The molecule has 4 aromatic rings.